The van der Waals surface area contributed by atoms with Gasteiger partial charge in [-0.25, -0.2) is 4.98 Å². The fourth-order valence-electron chi connectivity index (χ4n) is 1.72. The van der Waals surface area contributed by atoms with Gasteiger partial charge in [0.2, 0.25) is 0 Å². The van der Waals surface area contributed by atoms with Crippen LogP contribution >= 0.6 is 11.6 Å². The molecule has 16 heavy (non-hydrogen) atoms. The lowest BCUT2D eigenvalue weighted by Crippen LogP contribution is -2.40. The third-order valence-corrected chi connectivity index (χ3v) is 2.90. The van der Waals surface area contributed by atoms with Crippen LogP contribution in [0, 0.1) is 11.3 Å². The van der Waals surface area contributed by atoms with E-state index in [1.807, 2.05) is 6.07 Å². The van der Waals surface area contributed by atoms with Crippen LogP contribution in [-0.2, 0) is 4.74 Å². The van der Waals surface area contributed by atoms with Crippen molar-refractivity contribution in [3.63, 3.8) is 0 Å². The van der Waals surface area contributed by atoms with Crippen molar-refractivity contribution in [1.29, 1.82) is 5.26 Å². The van der Waals surface area contributed by atoms with Crippen LogP contribution in [0.25, 0.3) is 0 Å². The second-order valence-electron chi connectivity index (χ2n) is 3.85. The minimum absolute atomic E-state index is 0.337. The molecule has 1 fully saturated rings. The first kappa shape index (κ1) is 11.2. The number of rotatable bonds is 3. The van der Waals surface area contributed by atoms with Crippen LogP contribution in [0.1, 0.15) is 18.4 Å². The Bertz CT molecular complexity index is 424. The maximum Gasteiger partial charge on any atom is 0.132 e. The van der Waals surface area contributed by atoms with Gasteiger partial charge in [-0.3, -0.25) is 0 Å². The molecule has 0 spiro atoms. The van der Waals surface area contributed by atoms with Crippen molar-refractivity contribution in [1.82, 2.24) is 4.98 Å². The lowest BCUT2D eigenvalue weighted by atomic mass is 9.89. The highest BCUT2D eigenvalue weighted by Gasteiger charge is 2.29. The number of aromatic nitrogens is 1. The molecule has 1 aliphatic carbocycles. The van der Waals surface area contributed by atoms with Crippen LogP contribution in [0.2, 0.25) is 5.15 Å². The summed E-state index contributed by atoms with van der Waals surface area (Å²) in [5.41, 5.74) is 0.519. The number of halogens is 1. The molecule has 4 nitrogen and oxygen atoms in total. The summed E-state index contributed by atoms with van der Waals surface area (Å²) in [6.45, 7) is 0. The summed E-state index contributed by atoms with van der Waals surface area (Å²) < 4.78 is 5.18. The first-order valence-electron chi connectivity index (χ1n) is 5.08. The van der Waals surface area contributed by atoms with E-state index in [1.54, 1.807) is 19.2 Å². The Morgan fingerprint density at radius 1 is 1.56 bits per heavy atom. The monoisotopic (exact) mass is 237 g/mol. The zero-order valence-corrected chi connectivity index (χ0v) is 9.66. The minimum Gasteiger partial charge on any atom is -0.381 e. The van der Waals surface area contributed by atoms with E-state index in [1.165, 1.54) is 0 Å². The number of pyridine rings is 1. The Labute approximate surface area is 99.2 Å². The highest BCUT2D eigenvalue weighted by Crippen LogP contribution is 2.26. The molecule has 1 aromatic heterocycles. The standard InChI is InChI=1S/C11H12ClN3O/c1-16-9-4-8(5-9)14-11-3-7(6-13)2-10(12)15-11/h2-3,8-9H,4-5H2,1H3,(H,14,15). The van der Waals surface area contributed by atoms with Crippen molar-refractivity contribution in [3.8, 4) is 6.07 Å². The Kier molecular flexibility index (Phi) is 3.28. The summed E-state index contributed by atoms with van der Waals surface area (Å²) in [4.78, 5) is 4.12. The van der Waals surface area contributed by atoms with Crippen LogP contribution in [0.3, 0.4) is 0 Å². The highest BCUT2D eigenvalue weighted by molar-refractivity contribution is 6.29. The number of nitrogens with one attached hydrogen (secondary N) is 1. The maximum atomic E-state index is 8.79. The number of nitrogens with zero attached hydrogens (tertiary/aromatic N) is 2. The predicted octanol–water partition coefficient (Wildman–Crippen LogP) is 2.20. The van der Waals surface area contributed by atoms with Crippen LogP contribution in [0.15, 0.2) is 12.1 Å². The van der Waals surface area contributed by atoms with Gasteiger partial charge in [0.25, 0.3) is 0 Å². The van der Waals surface area contributed by atoms with E-state index in [2.05, 4.69) is 10.3 Å². The molecule has 0 aliphatic heterocycles. The molecular formula is C11H12ClN3O. The summed E-state index contributed by atoms with van der Waals surface area (Å²) in [7, 11) is 1.71. The SMILES string of the molecule is COC1CC(Nc2cc(C#N)cc(Cl)n2)C1. The number of hydrogen-bond donors (Lipinski definition) is 1. The van der Waals surface area contributed by atoms with E-state index in [4.69, 9.17) is 21.6 Å². The van der Waals surface area contributed by atoms with Crippen molar-refractivity contribution in [2.75, 3.05) is 12.4 Å². The summed E-state index contributed by atoms with van der Waals surface area (Å²) in [6, 6.07) is 5.66. The van der Waals surface area contributed by atoms with Crippen LogP contribution < -0.4 is 5.32 Å². The molecule has 1 aliphatic rings. The zero-order chi connectivity index (χ0) is 11.5. The molecule has 5 heteroatoms. The normalized spacial score (nSPS) is 23.3. The molecule has 1 N–H and O–H groups in total. The number of hydrogen-bond acceptors (Lipinski definition) is 4. The summed E-state index contributed by atoms with van der Waals surface area (Å²) in [6.07, 6.45) is 2.27. The van der Waals surface area contributed by atoms with Crippen LogP contribution in [0.5, 0.6) is 0 Å². The highest BCUT2D eigenvalue weighted by atomic mass is 35.5. The largest absolute Gasteiger partial charge is 0.381 e. The Morgan fingerprint density at radius 2 is 2.31 bits per heavy atom. The van der Waals surface area contributed by atoms with Crippen molar-refractivity contribution >= 4 is 17.4 Å². The Hall–Kier alpha value is -1.31. The fraction of sp³-hybridized carbons (Fsp3) is 0.455. The van der Waals surface area contributed by atoms with Crippen molar-refractivity contribution < 1.29 is 4.74 Å². The van der Waals surface area contributed by atoms with Gasteiger partial charge in [-0.15, -0.1) is 0 Å². The quantitative estimate of drug-likeness (QED) is 0.819. The number of nitriles is 1. The molecule has 0 aromatic carbocycles. The number of ether oxygens (including phenoxy) is 1. The second-order valence-corrected chi connectivity index (χ2v) is 4.23. The van der Waals surface area contributed by atoms with E-state index in [0.717, 1.165) is 12.8 Å². The maximum absolute atomic E-state index is 8.79. The average Bonchev–Trinajstić information content (AvgIpc) is 2.22. The van der Waals surface area contributed by atoms with Crippen LogP contribution in [-0.4, -0.2) is 24.2 Å². The van der Waals surface area contributed by atoms with E-state index < -0.39 is 0 Å². The second kappa shape index (κ2) is 4.69. The average molecular weight is 238 g/mol. The fourth-order valence-corrected chi connectivity index (χ4v) is 1.93. The van der Waals surface area contributed by atoms with Gasteiger partial charge in [0.05, 0.1) is 17.7 Å². The molecule has 0 bridgehead atoms. The Balaban J connectivity index is 2.00. The summed E-state index contributed by atoms with van der Waals surface area (Å²) >= 11 is 5.80. The summed E-state index contributed by atoms with van der Waals surface area (Å²) in [5.74, 6) is 0.656. The molecular weight excluding hydrogens is 226 g/mol. The molecule has 2 rings (SSSR count). The molecule has 0 saturated heterocycles. The lowest BCUT2D eigenvalue weighted by molar-refractivity contribution is 0.0328. The number of methoxy groups -OCH3 is 1. The van der Waals surface area contributed by atoms with Gasteiger partial charge in [0.15, 0.2) is 0 Å². The minimum atomic E-state index is 0.337. The first-order chi connectivity index (χ1) is 7.71. The molecule has 84 valence electrons. The van der Waals surface area contributed by atoms with Gasteiger partial charge in [-0.2, -0.15) is 5.26 Å². The smallest absolute Gasteiger partial charge is 0.132 e. The van der Waals surface area contributed by atoms with E-state index in [-0.39, 0.29) is 0 Å². The van der Waals surface area contributed by atoms with Crippen molar-refractivity contribution in [3.05, 3.63) is 22.8 Å². The molecule has 1 saturated carbocycles. The van der Waals surface area contributed by atoms with Gasteiger partial charge >= 0.3 is 0 Å². The molecule has 1 aromatic rings. The number of anilines is 1. The molecule has 1 heterocycles. The summed E-state index contributed by atoms with van der Waals surface area (Å²) in [5, 5.41) is 12.4. The van der Waals surface area contributed by atoms with Gasteiger partial charge in [-0.1, -0.05) is 11.6 Å². The molecule has 0 radical (unpaired) electrons. The zero-order valence-electron chi connectivity index (χ0n) is 8.90. The molecule has 0 unspecified atom stereocenters. The van der Waals surface area contributed by atoms with Gasteiger partial charge in [0.1, 0.15) is 11.0 Å². The van der Waals surface area contributed by atoms with E-state index in [0.29, 0.717) is 28.7 Å². The van der Waals surface area contributed by atoms with Crippen molar-refractivity contribution in [2.45, 2.75) is 25.0 Å². The van der Waals surface area contributed by atoms with Crippen LogP contribution in [0.4, 0.5) is 5.82 Å². The molecule has 0 atom stereocenters. The lowest BCUT2D eigenvalue weighted by Gasteiger charge is -2.34. The van der Waals surface area contributed by atoms with E-state index in [9.17, 15) is 0 Å². The topological polar surface area (TPSA) is 57.9 Å². The Morgan fingerprint density at radius 3 is 2.94 bits per heavy atom. The third-order valence-electron chi connectivity index (χ3n) is 2.70. The van der Waals surface area contributed by atoms with Gasteiger partial charge in [-0.05, 0) is 25.0 Å². The predicted molar refractivity (Wildman–Crippen MR) is 61.4 cm³/mol. The first-order valence-corrected chi connectivity index (χ1v) is 5.46. The van der Waals surface area contributed by atoms with Crippen molar-refractivity contribution in [2.24, 2.45) is 0 Å². The van der Waals surface area contributed by atoms with Gasteiger partial charge in [0, 0.05) is 13.2 Å². The van der Waals surface area contributed by atoms with Gasteiger partial charge < -0.3 is 10.1 Å². The molecule has 0 amide bonds. The third kappa shape index (κ3) is 2.43. The van der Waals surface area contributed by atoms with E-state index >= 15 is 0 Å².